The smallest absolute Gasteiger partial charge is 0.263 e. The summed E-state index contributed by atoms with van der Waals surface area (Å²) in [4.78, 5) is 35.6. The minimum atomic E-state index is -3.75. The summed E-state index contributed by atoms with van der Waals surface area (Å²) >= 11 is 7.98. The number of alkyl halides is 1. The Hall–Kier alpha value is -4.62. The molecule has 0 atom stereocenters. The highest BCUT2D eigenvalue weighted by Gasteiger charge is 2.28. The molecule has 0 aliphatic carbocycles. The fourth-order valence-corrected chi connectivity index (χ4v) is 9.27. The number of benzene rings is 3. The number of fused-ring (bicyclic) bond motifs is 2. The highest BCUT2D eigenvalue weighted by Crippen LogP contribution is 2.32. The predicted octanol–water partition coefficient (Wildman–Crippen LogP) is 5.16. The number of nitrogens with zero attached hydrogens (tertiary/aromatic N) is 4. The van der Waals surface area contributed by atoms with Crippen LogP contribution in [0.15, 0.2) is 93.6 Å². The van der Waals surface area contributed by atoms with Gasteiger partial charge in [-0.3, -0.25) is 19.0 Å². The van der Waals surface area contributed by atoms with Crippen LogP contribution in [0.25, 0.3) is 0 Å². The molecule has 0 unspecified atom stereocenters. The Morgan fingerprint density at radius 2 is 1.29 bits per heavy atom. The number of halogens is 2. The molecule has 266 valence electrons. The summed E-state index contributed by atoms with van der Waals surface area (Å²) in [5.74, 6) is -0.832. The number of anilines is 5. The van der Waals surface area contributed by atoms with Crippen molar-refractivity contribution in [3.63, 3.8) is 0 Å². The monoisotopic (exact) mass is 789 g/mol. The molecule has 13 nitrogen and oxygen atoms in total. The number of hydrogen-bond acceptors (Lipinski definition) is 11. The molecule has 2 aliphatic heterocycles. The van der Waals surface area contributed by atoms with E-state index in [1.165, 1.54) is 59.3 Å². The number of hydrogen-bond donors (Lipinski definition) is 3. The molecule has 2 aliphatic rings. The fraction of sp³-hybridized carbons (Fsp3) is 0.188. The van der Waals surface area contributed by atoms with Gasteiger partial charge in [0.1, 0.15) is 11.7 Å². The molecule has 4 heterocycles. The molecule has 0 spiro atoms. The molecular formula is C32H29ClFN7O6S4. The van der Waals surface area contributed by atoms with Crippen LogP contribution in [0.2, 0.25) is 0 Å². The number of rotatable bonds is 10. The predicted molar refractivity (Wildman–Crippen MR) is 196 cm³/mol. The maximum Gasteiger partial charge on any atom is 0.263 e. The molecule has 3 aromatic carbocycles. The van der Waals surface area contributed by atoms with Crippen LogP contribution in [0.5, 0.6) is 0 Å². The zero-order chi connectivity index (χ0) is 36.2. The maximum absolute atomic E-state index is 13.3. The van der Waals surface area contributed by atoms with Gasteiger partial charge in [0.15, 0.2) is 10.3 Å². The number of amides is 2. The van der Waals surface area contributed by atoms with Crippen LogP contribution >= 0.6 is 34.3 Å². The van der Waals surface area contributed by atoms with Gasteiger partial charge >= 0.3 is 0 Å². The van der Waals surface area contributed by atoms with Crippen LogP contribution in [0.4, 0.5) is 31.7 Å². The minimum absolute atomic E-state index is 0.00848. The third-order valence-electron chi connectivity index (χ3n) is 7.81. The Morgan fingerprint density at radius 3 is 1.76 bits per heavy atom. The summed E-state index contributed by atoms with van der Waals surface area (Å²) in [5.41, 5.74) is 3.53. The van der Waals surface area contributed by atoms with Crippen molar-refractivity contribution < 1.29 is 30.8 Å². The van der Waals surface area contributed by atoms with E-state index in [-0.39, 0.29) is 39.8 Å². The molecular weight excluding hydrogens is 761 g/mol. The SMILES string of the molecule is O=C(CCl)N1CCc2cc(S(=O)(=O)Nc3nccs3)ccc21.O=C(CNc1cccc(F)c1)N1CCc2cc(S(=O)(=O)Nc3nccs3)ccc21. The lowest BCUT2D eigenvalue weighted by molar-refractivity contribution is -0.117. The molecule has 2 amide bonds. The molecule has 0 saturated heterocycles. The van der Waals surface area contributed by atoms with Gasteiger partial charge in [-0.05, 0) is 78.6 Å². The number of carbonyl (C=O) groups is 2. The Morgan fingerprint density at radius 1 is 0.765 bits per heavy atom. The van der Waals surface area contributed by atoms with Gasteiger partial charge in [0.05, 0.1) is 16.3 Å². The van der Waals surface area contributed by atoms with Gasteiger partial charge in [0, 0.05) is 53.3 Å². The lowest BCUT2D eigenvalue weighted by Crippen LogP contribution is -2.34. The zero-order valence-electron chi connectivity index (χ0n) is 26.5. The first-order valence-corrected chi connectivity index (χ1v) is 20.5. The minimum Gasteiger partial charge on any atom is -0.376 e. The first kappa shape index (κ1) is 36.2. The molecule has 5 aromatic rings. The molecule has 7 rings (SSSR count). The summed E-state index contributed by atoms with van der Waals surface area (Å²) < 4.78 is 67.8. The van der Waals surface area contributed by atoms with Crippen LogP contribution in [0, 0.1) is 5.82 Å². The Labute approximate surface area is 306 Å². The van der Waals surface area contributed by atoms with Crippen LogP contribution in [0.3, 0.4) is 0 Å². The van der Waals surface area contributed by atoms with E-state index in [9.17, 15) is 30.8 Å². The van der Waals surface area contributed by atoms with Gasteiger partial charge in [-0.1, -0.05) is 6.07 Å². The van der Waals surface area contributed by atoms with E-state index >= 15 is 0 Å². The average Bonchev–Trinajstić information content (AvgIpc) is 3.94. The first-order valence-electron chi connectivity index (χ1n) is 15.2. The number of nitrogens with one attached hydrogen (secondary N) is 3. The van der Waals surface area contributed by atoms with E-state index in [2.05, 4.69) is 24.7 Å². The average molecular weight is 790 g/mol. The van der Waals surface area contributed by atoms with E-state index in [4.69, 9.17) is 11.6 Å². The highest BCUT2D eigenvalue weighted by molar-refractivity contribution is 7.93. The summed E-state index contributed by atoms with van der Waals surface area (Å²) in [5, 5.41) is 6.90. The van der Waals surface area contributed by atoms with E-state index in [0.29, 0.717) is 47.6 Å². The van der Waals surface area contributed by atoms with Crippen molar-refractivity contribution >= 4 is 93.5 Å². The third-order valence-corrected chi connectivity index (χ3v) is 12.3. The number of sulfonamides is 2. The van der Waals surface area contributed by atoms with Gasteiger partial charge in [0.2, 0.25) is 11.8 Å². The molecule has 0 radical (unpaired) electrons. The summed E-state index contributed by atoms with van der Waals surface area (Å²) in [7, 11) is -7.43. The van der Waals surface area contributed by atoms with E-state index < -0.39 is 20.0 Å². The third kappa shape index (κ3) is 8.48. The van der Waals surface area contributed by atoms with Crippen LogP contribution < -0.4 is 24.6 Å². The van der Waals surface area contributed by atoms with Crippen molar-refractivity contribution in [2.75, 3.05) is 50.1 Å². The van der Waals surface area contributed by atoms with Gasteiger partial charge in [0.25, 0.3) is 20.0 Å². The fourth-order valence-electron chi connectivity index (χ4n) is 5.45. The molecule has 0 saturated carbocycles. The molecule has 51 heavy (non-hydrogen) atoms. The summed E-state index contributed by atoms with van der Waals surface area (Å²) in [6, 6.07) is 15.3. The largest absolute Gasteiger partial charge is 0.376 e. The lowest BCUT2D eigenvalue weighted by Gasteiger charge is -2.18. The van der Waals surface area contributed by atoms with Crippen molar-refractivity contribution in [3.8, 4) is 0 Å². The van der Waals surface area contributed by atoms with Crippen molar-refractivity contribution in [3.05, 3.63) is 101 Å². The van der Waals surface area contributed by atoms with Crippen LogP contribution in [0.1, 0.15) is 11.1 Å². The molecule has 2 aromatic heterocycles. The van der Waals surface area contributed by atoms with E-state index in [0.717, 1.165) is 16.8 Å². The normalized spacial score (nSPS) is 13.5. The van der Waals surface area contributed by atoms with Gasteiger partial charge < -0.3 is 15.1 Å². The quantitative estimate of drug-likeness (QED) is 0.162. The summed E-state index contributed by atoms with van der Waals surface area (Å²) in [6.07, 6.45) is 4.22. The highest BCUT2D eigenvalue weighted by atomic mass is 35.5. The Kier molecular flexibility index (Phi) is 10.9. The standard InChI is InChI=1S/C19H17FN4O3S2.C13H12ClN3O3S2/c20-14-2-1-3-15(11-14)22-12-18(25)24-8-6-13-10-16(4-5-17(13)24)29(26,27)23-19-21-7-9-28-19;14-8-12(18)17-5-3-9-7-10(1-2-11(9)17)22(19,20)16-13-15-4-6-21-13/h1-5,7,9-11,22H,6,8,12H2,(H,21,23);1-2,4,6-7H,3,5,8H2,(H,15,16). The van der Waals surface area contributed by atoms with Gasteiger partial charge in [-0.25, -0.2) is 31.2 Å². The zero-order valence-corrected chi connectivity index (χ0v) is 30.5. The first-order chi connectivity index (χ1) is 24.4. The molecule has 3 N–H and O–H groups in total. The van der Waals surface area contributed by atoms with Crippen molar-refractivity contribution in [2.45, 2.75) is 22.6 Å². The van der Waals surface area contributed by atoms with Gasteiger partial charge in [-0.15, -0.1) is 34.3 Å². The van der Waals surface area contributed by atoms with Crippen molar-refractivity contribution in [1.82, 2.24) is 9.97 Å². The topological polar surface area (TPSA) is 171 Å². The summed E-state index contributed by atoms with van der Waals surface area (Å²) in [6.45, 7) is 0.987. The maximum atomic E-state index is 13.3. The molecule has 0 fully saturated rings. The lowest BCUT2D eigenvalue weighted by atomic mass is 10.2. The second-order valence-electron chi connectivity index (χ2n) is 11.1. The Bertz CT molecular complexity index is 2270. The number of thiazole rings is 2. The van der Waals surface area contributed by atoms with Crippen LogP contribution in [-0.4, -0.2) is 64.1 Å². The molecule has 19 heteroatoms. The van der Waals surface area contributed by atoms with E-state index in [1.807, 2.05) is 0 Å². The van der Waals surface area contributed by atoms with Crippen molar-refractivity contribution in [1.29, 1.82) is 0 Å². The van der Waals surface area contributed by atoms with E-state index in [1.54, 1.807) is 57.0 Å². The van der Waals surface area contributed by atoms with Crippen molar-refractivity contribution in [2.24, 2.45) is 0 Å². The second-order valence-corrected chi connectivity index (χ2v) is 16.5. The number of carbonyl (C=O) groups excluding carboxylic acids is 2. The number of aromatic nitrogens is 2. The van der Waals surface area contributed by atoms with Gasteiger partial charge in [-0.2, -0.15) is 0 Å². The second kappa shape index (κ2) is 15.3. The van der Waals surface area contributed by atoms with Crippen LogP contribution in [-0.2, 0) is 42.5 Å². The molecule has 0 bridgehead atoms. The Balaban J connectivity index is 0.000000183.